The Hall–Kier alpha value is -0.640. The summed E-state index contributed by atoms with van der Waals surface area (Å²) in [4.78, 5) is -0.183. The van der Waals surface area contributed by atoms with Crippen molar-refractivity contribution >= 4 is 26.0 Å². The lowest BCUT2D eigenvalue weighted by Crippen LogP contribution is -2.36. The number of benzene rings is 1. The third-order valence-corrected chi connectivity index (χ3v) is 5.26. The summed E-state index contributed by atoms with van der Waals surface area (Å²) in [6.45, 7) is -1.11. The number of halogens is 4. The van der Waals surface area contributed by atoms with Gasteiger partial charge in [0.1, 0.15) is 6.54 Å². The molecule has 1 aromatic rings. The van der Waals surface area contributed by atoms with E-state index in [9.17, 15) is 21.6 Å². The van der Waals surface area contributed by atoms with E-state index >= 15 is 0 Å². The molecule has 1 N–H and O–H groups in total. The Labute approximate surface area is 124 Å². The number of alkyl halides is 3. The maximum atomic E-state index is 12.3. The van der Waals surface area contributed by atoms with Gasteiger partial charge < -0.3 is 5.32 Å². The third-order valence-electron chi connectivity index (χ3n) is 2.47. The van der Waals surface area contributed by atoms with Crippen molar-refractivity contribution in [1.82, 2.24) is 9.62 Å². The molecule has 1 rings (SSSR count). The van der Waals surface area contributed by atoms with E-state index in [0.29, 0.717) is 12.1 Å². The number of nitrogens with one attached hydrogen (secondary N) is 1. The van der Waals surface area contributed by atoms with Crippen LogP contribution in [0.25, 0.3) is 0 Å². The second-order valence-corrected chi connectivity index (χ2v) is 7.04. The molecule has 0 atom stereocenters. The second kappa shape index (κ2) is 6.42. The summed E-state index contributed by atoms with van der Waals surface area (Å²) in [7, 11) is -1.62. The van der Waals surface area contributed by atoms with E-state index in [1.165, 1.54) is 12.1 Å². The minimum atomic E-state index is -4.59. The fourth-order valence-corrected chi connectivity index (χ4v) is 3.69. The van der Waals surface area contributed by atoms with Gasteiger partial charge in [-0.15, -0.1) is 0 Å². The van der Waals surface area contributed by atoms with E-state index in [0.717, 1.165) is 7.05 Å². The molecule has 0 aromatic heterocycles. The zero-order valence-electron chi connectivity index (χ0n) is 10.8. The zero-order chi connectivity index (χ0) is 15.6. The monoisotopic (exact) mass is 374 g/mol. The molecule has 0 amide bonds. The first kappa shape index (κ1) is 17.4. The SMILES string of the molecule is CNCc1ccc(Br)c(S(=O)(=O)N(C)CC(F)(F)F)c1. The Balaban J connectivity index is 3.17. The first-order valence-electron chi connectivity index (χ1n) is 5.54. The van der Waals surface area contributed by atoms with Crippen LogP contribution in [0, 0.1) is 0 Å². The van der Waals surface area contributed by atoms with E-state index in [-0.39, 0.29) is 13.7 Å². The summed E-state index contributed by atoms with van der Waals surface area (Å²) in [5, 5.41) is 2.85. The van der Waals surface area contributed by atoms with Gasteiger partial charge in [0.15, 0.2) is 0 Å². The molecule has 0 saturated carbocycles. The maximum Gasteiger partial charge on any atom is 0.402 e. The van der Waals surface area contributed by atoms with E-state index in [2.05, 4.69) is 21.2 Å². The van der Waals surface area contributed by atoms with Crippen molar-refractivity contribution in [2.45, 2.75) is 17.6 Å². The van der Waals surface area contributed by atoms with Gasteiger partial charge in [-0.1, -0.05) is 6.07 Å². The van der Waals surface area contributed by atoms with E-state index in [1.54, 1.807) is 13.1 Å². The topological polar surface area (TPSA) is 49.4 Å². The molecule has 0 bridgehead atoms. The maximum absolute atomic E-state index is 12.3. The molecule has 9 heteroatoms. The van der Waals surface area contributed by atoms with Crippen molar-refractivity contribution in [3.05, 3.63) is 28.2 Å². The van der Waals surface area contributed by atoms with Crippen molar-refractivity contribution in [3.8, 4) is 0 Å². The molecule has 0 aliphatic rings. The van der Waals surface area contributed by atoms with Crippen molar-refractivity contribution in [2.24, 2.45) is 0 Å². The molecule has 0 unspecified atom stereocenters. The van der Waals surface area contributed by atoms with Gasteiger partial charge in [-0.05, 0) is 40.7 Å². The lowest BCUT2D eigenvalue weighted by molar-refractivity contribution is -0.134. The summed E-state index contributed by atoms with van der Waals surface area (Å²) in [6.07, 6.45) is -4.59. The van der Waals surface area contributed by atoms with Crippen LogP contribution in [-0.4, -0.2) is 39.5 Å². The normalized spacial score (nSPS) is 12.9. The molecule has 0 radical (unpaired) electrons. The minimum Gasteiger partial charge on any atom is -0.316 e. The first-order valence-corrected chi connectivity index (χ1v) is 7.77. The van der Waals surface area contributed by atoms with Gasteiger partial charge in [-0.2, -0.15) is 17.5 Å². The molecule has 20 heavy (non-hydrogen) atoms. The van der Waals surface area contributed by atoms with E-state index in [1.807, 2.05) is 0 Å². The highest BCUT2D eigenvalue weighted by Gasteiger charge is 2.35. The fourth-order valence-electron chi connectivity index (χ4n) is 1.56. The van der Waals surface area contributed by atoms with Gasteiger partial charge in [0.25, 0.3) is 0 Å². The highest BCUT2D eigenvalue weighted by molar-refractivity contribution is 9.10. The van der Waals surface area contributed by atoms with Crippen LogP contribution in [0.3, 0.4) is 0 Å². The molecule has 114 valence electrons. The van der Waals surface area contributed by atoms with E-state index in [4.69, 9.17) is 0 Å². The second-order valence-electron chi connectivity index (χ2n) is 4.17. The van der Waals surface area contributed by atoms with Crippen LogP contribution in [0.1, 0.15) is 5.56 Å². The summed E-state index contributed by atoms with van der Waals surface area (Å²) in [5.41, 5.74) is 0.662. The Kier molecular flexibility index (Phi) is 5.59. The van der Waals surface area contributed by atoms with Crippen LogP contribution in [0.15, 0.2) is 27.6 Å². The van der Waals surface area contributed by atoms with Gasteiger partial charge >= 0.3 is 6.18 Å². The molecular formula is C11H14BrF3N2O2S. The third kappa shape index (κ3) is 4.44. The summed E-state index contributed by atoms with van der Waals surface area (Å²) in [5.74, 6) is 0. The Morgan fingerprint density at radius 1 is 1.35 bits per heavy atom. The van der Waals surface area contributed by atoms with Crippen LogP contribution in [0.5, 0.6) is 0 Å². The van der Waals surface area contributed by atoms with Crippen LogP contribution in [-0.2, 0) is 16.6 Å². The van der Waals surface area contributed by atoms with Crippen LogP contribution in [0.4, 0.5) is 13.2 Å². The van der Waals surface area contributed by atoms with Crippen LogP contribution < -0.4 is 5.32 Å². The lowest BCUT2D eigenvalue weighted by atomic mass is 10.2. The largest absolute Gasteiger partial charge is 0.402 e. The molecule has 0 fully saturated rings. The Bertz CT molecular complexity index is 576. The number of hydrogen-bond acceptors (Lipinski definition) is 3. The zero-order valence-corrected chi connectivity index (χ0v) is 13.2. The highest BCUT2D eigenvalue weighted by Crippen LogP contribution is 2.27. The van der Waals surface area contributed by atoms with Crippen molar-refractivity contribution in [3.63, 3.8) is 0 Å². The number of rotatable bonds is 5. The summed E-state index contributed by atoms with van der Waals surface area (Å²) >= 11 is 3.06. The van der Waals surface area contributed by atoms with E-state index < -0.39 is 22.7 Å². The average molecular weight is 375 g/mol. The summed E-state index contributed by atoms with van der Waals surface area (Å²) < 4.78 is 61.8. The van der Waals surface area contributed by atoms with Crippen molar-refractivity contribution in [2.75, 3.05) is 20.6 Å². The predicted molar refractivity (Wildman–Crippen MR) is 72.8 cm³/mol. The van der Waals surface area contributed by atoms with Crippen molar-refractivity contribution < 1.29 is 21.6 Å². The smallest absolute Gasteiger partial charge is 0.316 e. The molecule has 0 saturated heterocycles. The van der Waals surface area contributed by atoms with Crippen molar-refractivity contribution in [1.29, 1.82) is 0 Å². The lowest BCUT2D eigenvalue weighted by Gasteiger charge is -2.20. The number of hydrogen-bond donors (Lipinski definition) is 1. The molecule has 0 spiro atoms. The fraction of sp³-hybridized carbons (Fsp3) is 0.455. The standard InChI is InChI=1S/C11H14BrF3N2O2S/c1-16-6-8-3-4-9(12)10(5-8)20(18,19)17(2)7-11(13,14)15/h3-5,16H,6-7H2,1-2H3. The summed E-state index contributed by atoms with van der Waals surface area (Å²) in [6, 6.07) is 4.53. The van der Waals surface area contributed by atoms with Gasteiger partial charge in [-0.25, -0.2) is 8.42 Å². The Morgan fingerprint density at radius 2 is 1.95 bits per heavy atom. The average Bonchev–Trinajstić information content (AvgIpc) is 2.29. The molecule has 4 nitrogen and oxygen atoms in total. The predicted octanol–water partition coefficient (Wildman–Crippen LogP) is 2.35. The van der Waals surface area contributed by atoms with Gasteiger partial charge in [0.2, 0.25) is 10.0 Å². The Morgan fingerprint density at radius 3 is 2.45 bits per heavy atom. The molecule has 0 heterocycles. The number of sulfonamides is 1. The first-order chi connectivity index (χ1) is 9.08. The molecule has 0 aliphatic heterocycles. The van der Waals surface area contributed by atoms with Crippen LogP contribution in [0.2, 0.25) is 0 Å². The van der Waals surface area contributed by atoms with Gasteiger partial charge in [0.05, 0.1) is 4.90 Å². The molecule has 0 aliphatic carbocycles. The minimum absolute atomic E-state index is 0.183. The quantitative estimate of drug-likeness (QED) is 0.860. The number of nitrogens with zero attached hydrogens (tertiary/aromatic N) is 1. The van der Waals surface area contributed by atoms with Gasteiger partial charge in [0, 0.05) is 18.1 Å². The molecule has 1 aromatic carbocycles. The molecular weight excluding hydrogens is 361 g/mol. The van der Waals surface area contributed by atoms with Gasteiger partial charge in [-0.3, -0.25) is 0 Å². The van der Waals surface area contributed by atoms with Crippen LogP contribution >= 0.6 is 15.9 Å². The highest BCUT2D eigenvalue weighted by atomic mass is 79.9.